The van der Waals surface area contributed by atoms with Crippen LogP contribution in [0.2, 0.25) is 5.02 Å². The fraction of sp³-hybridized carbons (Fsp3) is 0.200. The van der Waals surface area contributed by atoms with E-state index in [0.29, 0.717) is 15.9 Å². The summed E-state index contributed by atoms with van der Waals surface area (Å²) < 4.78 is 72.7. The lowest BCUT2D eigenvalue weighted by molar-refractivity contribution is -0.137. The van der Waals surface area contributed by atoms with Crippen LogP contribution in [0.5, 0.6) is 0 Å². The molecule has 0 saturated heterocycles. The van der Waals surface area contributed by atoms with Crippen molar-refractivity contribution in [1.29, 1.82) is 0 Å². The van der Waals surface area contributed by atoms with E-state index in [1.54, 1.807) is 19.9 Å². The number of ether oxygens (including phenoxy) is 1. The molecular weight excluding hydrogens is 533 g/mol. The fourth-order valence-electron chi connectivity index (χ4n) is 3.39. The van der Waals surface area contributed by atoms with E-state index in [4.69, 9.17) is 16.3 Å². The van der Waals surface area contributed by atoms with Crippen molar-refractivity contribution in [3.63, 3.8) is 0 Å². The van der Waals surface area contributed by atoms with Gasteiger partial charge in [0.1, 0.15) is 6.54 Å². The van der Waals surface area contributed by atoms with Gasteiger partial charge in [0.05, 0.1) is 33.3 Å². The lowest BCUT2D eigenvalue weighted by Gasteiger charge is -2.25. The highest BCUT2D eigenvalue weighted by Crippen LogP contribution is 2.38. The molecule has 3 rings (SSSR count). The number of rotatable bonds is 8. The lowest BCUT2D eigenvalue weighted by atomic mass is 10.1. The van der Waals surface area contributed by atoms with Gasteiger partial charge in [-0.25, -0.2) is 13.2 Å². The van der Waals surface area contributed by atoms with Crippen molar-refractivity contribution >= 4 is 44.9 Å². The van der Waals surface area contributed by atoms with Crippen LogP contribution in [-0.4, -0.2) is 33.4 Å². The number of benzene rings is 3. The average Bonchev–Trinajstić information content (AvgIpc) is 2.84. The van der Waals surface area contributed by atoms with Gasteiger partial charge in [0, 0.05) is 5.69 Å². The number of anilines is 2. The number of nitrogens with one attached hydrogen (secondary N) is 1. The van der Waals surface area contributed by atoms with Gasteiger partial charge in [-0.05, 0) is 67.9 Å². The first kappa shape index (κ1) is 28.0. The van der Waals surface area contributed by atoms with Crippen molar-refractivity contribution in [3.05, 3.63) is 88.4 Å². The van der Waals surface area contributed by atoms with Crippen molar-refractivity contribution in [3.8, 4) is 0 Å². The molecule has 37 heavy (non-hydrogen) atoms. The molecule has 0 atom stereocenters. The molecule has 0 aliphatic rings. The minimum atomic E-state index is -4.85. The maximum absolute atomic E-state index is 13.5. The molecule has 0 aromatic heterocycles. The molecule has 0 bridgehead atoms. The molecule has 1 N–H and O–H groups in total. The first-order chi connectivity index (χ1) is 17.3. The predicted molar refractivity (Wildman–Crippen MR) is 133 cm³/mol. The van der Waals surface area contributed by atoms with E-state index in [1.165, 1.54) is 42.5 Å². The summed E-state index contributed by atoms with van der Waals surface area (Å²) >= 11 is 5.70. The maximum Gasteiger partial charge on any atom is 0.417 e. The molecule has 0 radical (unpaired) electrons. The molecule has 3 aromatic carbocycles. The van der Waals surface area contributed by atoms with Crippen LogP contribution in [0.25, 0.3) is 0 Å². The number of esters is 1. The highest BCUT2D eigenvalue weighted by molar-refractivity contribution is 7.92. The monoisotopic (exact) mass is 554 g/mol. The minimum Gasteiger partial charge on any atom is -0.462 e. The first-order valence-corrected chi connectivity index (χ1v) is 12.7. The molecule has 196 valence electrons. The highest BCUT2D eigenvalue weighted by Gasteiger charge is 2.35. The molecule has 0 saturated carbocycles. The van der Waals surface area contributed by atoms with E-state index in [2.05, 4.69) is 5.32 Å². The van der Waals surface area contributed by atoms with Gasteiger partial charge in [-0.3, -0.25) is 9.10 Å². The Bertz CT molecular complexity index is 1410. The largest absolute Gasteiger partial charge is 0.462 e. The molecule has 0 unspecified atom stereocenters. The van der Waals surface area contributed by atoms with E-state index in [1.807, 2.05) is 0 Å². The molecule has 0 fully saturated rings. The van der Waals surface area contributed by atoms with E-state index >= 15 is 0 Å². The molecule has 1 amide bonds. The molecule has 0 heterocycles. The van der Waals surface area contributed by atoms with E-state index in [-0.39, 0.29) is 22.8 Å². The minimum absolute atomic E-state index is 0.183. The van der Waals surface area contributed by atoms with Gasteiger partial charge in [0.15, 0.2) is 0 Å². The van der Waals surface area contributed by atoms with Gasteiger partial charge in [-0.2, -0.15) is 13.2 Å². The topological polar surface area (TPSA) is 92.8 Å². The van der Waals surface area contributed by atoms with Crippen LogP contribution in [0, 0.1) is 6.92 Å². The fourth-order valence-corrected chi connectivity index (χ4v) is 5.04. The summed E-state index contributed by atoms with van der Waals surface area (Å²) in [6.45, 7) is 2.62. The van der Waals surface area contributed by atoms with Crippen molar-refractivity contribution in [1.82, 2.24) is 0 Å². The summed E-state index contributed by atoms with van der Waals surface area (Å²) in [4.78, 5) is 24.6. The molecule has 0 aliphatic heterocycles. The second-order valence-corrected chi connectivity index (χ2v) is 10.1. The van der Waals surface area contributed by atoms with Crippen molar-refractivity contribution in [2.75, 3.05) is 22.8 Å². The summed E-state index contributed by atoms with van der Waals surface area (Å²) in [5.41, 5.74) is -0.619. The lowest BCUT2D eigenvalue weighted by Crippen LogP contribution is -2.38. The Kier molecular flexibility index (Phi) is 8.49. The summed E-state index contributed by atoms with van der Waals surface area (Å²) in [5, 5.41) is 1.93. The van der Waals surface area contributed by atoms with Crippen molar-refractivity contribution < 1.29 is 35.9 Å². The third-order valence-corrected chi connectivity index (χ3v) is 7.29. The number of sulfonamides is 1. The number of nitrogens with zero attached hydrogens (tertiary/aromatic N) is 1. The van der Waals surface area contributed by atoms with Crippen LogP contribution in [0.15, 0.2) is 71.6 Å². The quantitative estimate of drug-likeness (QED) is 0.362. The van der Waals surface area contributed by atoms with Crippen LogP contribution in [-0.2, 0) is 25.7 Å². The predicted octanol–water partition coefficient (Wildman–Crippen LogP) is 5.68. The molecule has 7 nitrogen and oxygen atoms in total. The zero-order chi connectivity index (χ0) is 27.4. The maximum atomic E-state index is 13.5. The Hall–Kier alpha value is -3.57. The van der Waals surface area contributed by atoms with Crippen LogP contribution < -0.4 is 9.62 Å². The smallest absolute Gasteiger partial charge is 0.417 e. The van der Waals surface area contributed by atoms with E-state index in [9.17, 15) is 31.2 Å². The molecule has 0 aliphatic carbocycles. The van der Waals surface area contributed by atoms with Crippen LogP contribution in [0.4, 0.5) is 24.5 Å². The van der Waals surface area contributed by atoms with Gasteiger partial charge < -0.3 is 10.1 Å². The Morgan fingerprint density at radius 2 is 1.70 bits per heavy atom. The van der Waals surface area contributed by atoms with Gasteiger partial charge in [-0.15, -0.1) is 0 Å². The molecule has 12 heteroatoms. The number of hydrogen-bond donors (Lipinski definition) is 1. The molecule has 0 spiro atoms. The number of carbonyl (C=O) groups is 2. The first-order valence-electron chi connectivity index (χ1n) is 10.9. The molecular formula is C25H22ClF3N2O5S. The standard InChI is InChI=1S/C25H22ClF3N2O5S/c1-3-36-24(33)17-9-12-22(16(2)13-17)30-23(32)15-31(37(34,35)19-7-5-4-6-8-19)18-10-11-21(26)20(14-18)25(27,28)29/h4-14H,3,15H2,1-2H3,(H,30,32). The van der Waals surface area contributed by atoms with Gasteiger partial charge in [-0.1, -0.05) is 29.8 Å². The number of alkyl halides is 3. The number of hydrogen-bond acceptors (Lipinski definition) is 5. The van der Waals surface area contributed by atoms with Crippen LogP contribution in [0.1, 0.15) is 28.4 Å². The third kappa shape index (κ3) is 6.60. The normalized spacial score (nSPS) is 11.6. The average molecular weight is 555 g/mol. The SMILES string of the molecule is CCOC(=O)c1ccc(NC(=O)CN(c2ccc(Cl)c(C(F)(F)F)c2)S(=O)(=O)c2ccccc2)c(C)c1. The molecule has 3 aromatic rings. The number of aryl methyl sites for hydroxylation is 1. The Labute approximate surface area is 216 Å². The number of carbonyl (C=O) groups excluding carboxylic acids is 2. The van der Waals surface area contributed by atoms with Gasteiger partial charge in [0.25, 0.3) is 10.0 Å². The van der Waals surface area contributed by atoms with Crippen molar-refractivity contribution in [2.24, 2.45) is 0 Å². The second-order valence-electron chi connectivity index (χ2n) is 7.78. The Morgan fingerprint density at radius 3 is 2.30 bits per heavy atom. The summed E-state index contributed by atoms with van der Waals surface area (Å²) in [5.74, 6) is -1.37. The zero-order valence-corrected chi connectivity index (χ0v) is 21.2. The third-order valence-electron chi connectivity index (χ3n) is 5.17. The van der Waals surface area contributed by atoms with E-state index < -0.39 is 50.9 Å². The Morgan fingerprint density at radius 1 is 1.03 bits per heavy atom. The van der Waals surface area contributed by atoms with Crippen LogP contribution in [0.3, 0.4) is 0 Å². The Balaban J connectivity index is 1.97. The second kappa shape index (κ2) is 11.2. The van der Waals surface area contributed by atoms with Crippen LogP contribution >= 0.6 is 11.6 Å². The number of amides is 1. The van der Waals surface area contributed by atoms with Crippen molar-refractivity contribution in [2.45, 2.75) is 24.9 Å². The highest BCUT2D eigenvalue weighted by atomic mass is 35.5. The zero-order valence-electron chi connectivity index (χ0n) is 19.7. The van der Waals surface area contributed by atoms with Gasteiger partial charge in [0.2, 0.25) is 5.91 Å². The number of halogens is 4. The van der Waals surface area contributed by atoms with Gasteiger partial charge >= 0.3 is 12.1 Å². The summed E-state index contributed by atoms with van der Waals surface area (Å²) in [6.07, 6.45) is -4.85. The summed E-state index contributed by atoms with van der Waals surface area (Å²) in [6, 6.07) is 13.9. The van der Waals surface area contributed by atoms with E-state index in [0.717, 1.165) is 12.1 Å². The summed E-state index contributed by atoms with van der Waals surface area (Å²) in [7, 11) is -4.45.